The van der Waals surface area contributed by atoms with Gasteiger partial charge in [-0.3, -0.25) is 0 Å². The van der Waals surface area contributed by atoms with Crippen molar-refractivity contribution in [1.82, 2.24) is 0 Å². The number of esters is 1. The molecule has 1 aromatic carbocycles. The summed E-state index contributed by atoms with van der Waals surface area (Å²) in [4.78, 5) is 11.8. The van der Waals surface area contributed by atoms with Crippen molar-refractivity contribution in [2.75, 3.05) is 18.9 Å². The molecule has 2 N–H and O–H groups in total. The summed E-state index contributed by atoms with van der Waals surface area (Å²) in [6.45, 7) is 1.53. The molecule has 0 fully saturated rings. The van der Waals surface area contributed by atoms with Gasteiger partial charge in [0.1, 0.15) is 5.56 Å². The van der Waals surface area contributed by atoms with E-state index in [4.69, 9.17) is 26.8 Å². The molecule has 0 amide bonds. The Balaban J connectivity index is 2.82. The van der Waals surface area contributed by atoms with Gasteiger partial charge in [-0.15, -0.1) is 0 Å². The van der Waals surface area contributed by atoms with Crippen LogP contribution in [0.25, 0.3) is 0 Å². The van der Waals surface area contributed by atoms with Crippen LogP contribution in [0.3, 0.4) is 0 Å². The molecule has 0 aromatic heterocycles. The van der Waals surface area contributed by atoms with Gasteiger partial charge >= 0.3 is 12.1 Å². The second-order valence-electron chi connectivity index (χ2n) is 4.17. The summed E-state index contributed by atoms with van der Waals surface area (Å²) in [6.07, 6.45) is -5.47. The Morgan fingerprint density at radius 2 is 2.05 bits per heavy atom. The first-order chi connectivity index (χ1) is 9.74. The van der Waals surface area contributed by atoms with Crippen molar-refractivity contribution in [2.45, 2.75) is 25.9 Å². The van der Waals surface area contributed by atoms with E-state index in [0.717, 1.165) is 0 Å². The van der Waals surface area contributed by atoms with Gasteiger partial charge < -0.3 is 15.2 Å². The molecule has 21 heavy (non-hydrogen) atoms. The first-order valence-corrected chi connectivity index (χ1v) is 6.58. The number of ether oxygens (including phenoxy) is 2. The van der Waals surface area contributed by atoms with Gasteiger partial charge in [-0.1, -0.05) is 11.6 Å². The summed E-state index contributed by atoms with van der Waals surface area (Å²) < 4.78 is 46.2. The molecule has 1 aromatic rings. The normalized spacial score (nSPS) is 11.3. The fourth-order valence-electron chi connectivity index (χ4n) is 1.57. The first-order valence-electron chi connectivity index (χ1n) is 6.20. The minimum atomic E-state index is -4.25. The zero-order chi connectivity index (χ0) is 16.0. The van der Waals surface area contributed by atoms with E-state index in [9.17, 15) is 18.0 Å². The van der Waals surface area contributed by atoms with Crippen LogP contribution in [-0.2, 0) is 4.74 Å². The fourth-order valence-corrected chi connectivity index (χ4v) is 1.85. The van der Waals surface area contributed by atoms with Crippen LogP contribution < -0.4 is 10.5 Å². The number of halogens is 4. The maximum atomic E-state index is 12.0. The number of hydrogen-bond acceptors (Lipinski definition) is 4. The van der Waals surface area contributed by atoms with Gasteiger partial charge in [-0.2, -0.15) is 13.2 Å². The lowest BCUT2D eigenvalue weighted by Gasteiger charge is -2.14. The molecular formula is C13H15ClF3NO3. The van der Waals surface area contributed by atoms with E-state index in [1.54, 1.807) is 6.92 Å². The average Bonchev–Trinajstić information content (AvgIpc) is 2.34. The lowest BCUT2D eigenvalue weighted by atomic mass is 10.1. The molecule has 1 rings (SSSR count). The van der Waals surface area contributed by atoms with Crippen molar-refractivity contribution >= 4 is 23.3 Å². The molecular weight excluding hydrogens is 311 g/mol. The Morgan fingerprint density at radius 1 is 1.38 bits per heavy atom. The number of benzene rings is 1. The van der Waals surface area contributed by atoms with E-state index in [2.05, 4.69) is 0 Å². The van der Waals surface area contributed by atoms with Crippen LogP contribution in [0.15, 0.2) is 12.1 Å². The zero-order valence-electron chi connectivity index (χ0n) is 11.3. The number of carbonyl (C=O) groups excluding carboxylic acids is 1. The van der Waals surface area contributed by atoms with E-state index in [1.807, 2.05) is 0 Å². The summed E-state index contributed by atoms with van der Waals surface area (Å²) in [7, 11) is 0. The van der Waals surface area contributed by atoms with Gasteiger partial charge in [-0.25, -0.2) is 4.79 Å². The highest BCUT2D eigenvalue weighted by Gasteiger charge is 2.26. The molecule has 0 saturated carbocycles. The van der Waals surface area contributed by atoms with Gasteiger partial charge in [0.05, 0.1) is 18.2 Å². The van der Waals surface area contributed by atoms with Gasteiger partial charge in [0, 0.05) is 12.1 Å². The van der Waals surface area contributed by atoms with E-state index in [-0.39, 0.29) is 41.7 Å². The third kappa shape index (κ3) is 5.71. The molecule has 0 atom stereocenters. The molecule has 0 aliphatic rings. The van der Waals surface area contributed by atoms with Gasteiger partial charge in [0.2, 0.25) is 0 Å². The SMILES string of the molecule is CCOC(=O)c1cc(N)cc(Cl)c1OCCCC(F)(F)F. The molecule has 0 saturated heterocycles. The third-order valence-corrected chi connectivity index (χ3v) is 2.69. The topological polar surface area (TPSA) is 61.5 Å². The van der Waals surface area contributed by atoms with Gasteiger partial charge in [0.15, 0.2) is 5.75 Å². The molecule has 118 valence electrons. The summed E-state index contributed by atoms with van der Waals surface area (Å²) in [5.41, 5.74) is 5.80. The summed E-state index contributed by atoms with van der Waals surface area (Å²) in [5.74, 6) is -0.719. The van der Waals surface area contributed by atoms with Crippen LogP contribution in [0.5, 0.6) is 5.75 Å². The number of hydrogen-bond donors (Lipinski definition) is 1. The summed E-state index contributed by atoms with van der Waals surface area (Å²) in [6, 6.07) is 2.66. The third-order valence-electron chi connectivity index (χ3n) is 2.41. The van der Waals surface area contributed by atoms with Crippen LogP contribution in [0.2, 0.25) is 5.02 Å². The lowest BCUT2D eigenvalue weighted by molar-refractivity contribution is -0.136. The van der Waals surface area contributed by atoms with Crippen LogP contribution in [-0.4, -0.2) is 25.4 Å². The predicted molar refractivity (Wildman–Crippen MR) is 72.6 cm³/mol. The maximum absolute atomic E-state index is 12.0. The van der Waals surface area contributed by atoms with Crippen molar-refractivity contribution in [3.8, 4) is 5.75 Å². The van der Waals surface area contributed by atoms with Crippen molar-refractivity contribution < 1.29 is 27.4 Å². The Bertz CT molecular complexity index is 506. The second kappa shape index (κ2) is 7.40. The minimum absolute atomic E-state index is 0.00569. The standard InChI is InChI=1S/C13H15ClF3NO3/c1-2-20-12(19)9-6-8(18)7-10(14)11(9)21-5-3-4-13(15,16)17/h6-7H,2-5,18H2,1H3. The van der Waals surface area contributed by atoms with E-state index < -0.39 is 18.6 Å². The van der Waals surface area contributed by atoms with Crippen molar-refractivity contribution in [3.05, 3.63) is 22.7 Å². The van der Waals surface area contributed by atoms with Crippen LogP contribution >= 0.6 is 11.6 Å². The van der Waals surface area contributed by atoms with Crippen LogP contribution in [0.4, 0.5) is 18.9 Å². The van der Waals surface area contributed by atoms with Crippen molar-refractivity contribution in [2.24, 2.45) is 0 Å². The predicted octanol–water partition coefficient (Wildman–Crippen LogP) is 3.82. The lowest BCUT2D eigenvalue weighted by Crippen LogP contribution is -2.12. The molecule has 0 radical (unpaired) electrons. The Morgan fingerprint density at radius 3 is 2.62 bits per heavy atom. The molecule has 0 aliphatic heterocycles. The molecule has 4 nitrogen and oxygen atoms in total. The molecule has 0 heterocycles. The number of nitrogen functional groups attached to an aromatic ring is 1. The number of nitrogens with two attached hydrogens (primary N) is 1. The Hall–Kier alpha value is -1.63. The second-order valence-corrected chi connectivity index (χ2v) is 4.57. The van der Waals surface area contributed by atoms with Crippen LogP contribution in [0, 0.1) is 0 Å². The minimum Gasteiger partial charge on any atom is -0.491 e. The molecule has 0 unspecified atom stereocenters. The highest BCUT2D eigenvalue weighted by atomic mass is 35.5. The fraction of sp³-hybridized carbons (Fsp3) is 0.462. The molecule has 8 heteroatoms. The monoisotopic (exact) mass is 325 g/mol. The van der Waals surface area contributed by atoms with Crippen molar-refractivity contribution in [3.63, 3.8) is 0 Å². The highest BCUT2D eigenvalue weighted by Crippen LogP contribution is 2.32. The summed E-state index contributed by atoms with van der Waals surface area (Å²) >= 11 is 5.91. The number of rotatable bonds is 6. The quantitative estimate of drug-likeness (QED) is 0.490. The average molecular weight is 326 g/mol. The maximum Gasteiger partial charge on any atom is 0.389 e. The van der Waals surface area contributed by atoms with E-state index in [0.29, 0.717) is 0 Å². The first kappa shape index (κ1) is 17.4. The number of carbonyl (C=O) groups is 1. The van der Waals surface area contributed by atoms with E-state index >= 15 is 0 Å². The van der Waals surface area contributed by atoms with E-state index in [1.165, 1.54) is 12.1 Å². The summed E-state index contributed by atoms with van der Waals surface area (Å²) in [5, 5.41) is 0.0464. The molecule has 0 bridgehead atoms. The van der Waals surface area contributed by atoms with Gasteiger partial charge in [0.25, 0.3) is 0 Å². The molecule has 0 aliphatic carbocycles. The van der Waals surface area contributed by atoms with Gasteiger partial charge in [-0.05, 0) is 25.5 Å². The number of anilines is 1. The zero-order valence-corrected chi connectivity index (χ0v) is 12.1. The Labute approximate surface area is 125 Å². The number of alkyl halides is 3. The molecule has 0 spiro atoms. The smallest absolute Gasteiger partial charge is 0.389 e. The Kier molecular flexibility index (Phi) is 6.14. The van der Waals surface area contributed by atoms with Crippen molar-refractivity contribution in [1.29, 1.82) is 0 Å². The highest BCUT2D eigenvalue weighted by molar-refractivity contribution is 6.33. The van der Waals surface area contributed by atoms with Crippen LogP contribution in [0.1, 0.15) is 30.1 Å². The largest absolute Gasteiger partial charge is 0.491 e.